The van der Waals surface area contributed by atoms with Crippen LogP contribution < -0.4 is 5.32 Å². The Labute approximate surface area is 117 Å². The fourth-order valence-corrected chi connectivity index (χ4v) is 2.33. The molecule has 4 heteroatoms. The summed E-state index contributed by atoms with van der Waals surface area (Å²) in [4.78, 5) is 11.9. The molecule has 1 rings (SSSR count). The maximum Gasteiger partial charge on any atom is 0.325 e. The van der Waals surface area contributed by atoms with E-state index in [1.54, 1.807) is 0 Å². The lowest BCUT2D eigenvalue weighted by atomic mass is 9.94. The van der Waals surface area contributed by atoms with Gasteiger partial charge >= 0.3 is 5.97 Å². The van der Waals surface area contributed by atoms with Crippen molar-refractivity contribution in [2.75, 3.05) is 20.3 Å². The zero-order chi connectivity index (χ0) is 14.3. The maximum absolute atomic E-state index is 11.9. The average Bonchev–Trinajstić information content (AvgIpc) is 3.19. The summed E-state index contributed by atoms with van der Waals surface area (Å²) in [6, 6.07) is 0. The molecule has 0 bridgehead atoms. The van der Waals surface area contributed by atoms with Crippen molar-refractivity contribution in [1.82, 2.24) is 5.32 Å². The SMILES string of the molecule is CCCNC(C)(CC(C)OCCC1CC1)C(=O)OC. The lowest BCUT2D eigenvalue weighted by molar-refractivity contribution is -0.149. The van der Waals surface area contributed by atoms with E-state index in [2.05, 4.69) is 12.2 Å². The van der Waals surface area contributed by atoms with E-state index in [0.717, 1.165) is 31.9 Å². The van der Waals surface area contributed by atoms with Crippen molar-refractivity contribution in [3.63, 3.8) is 0 Å². The summed E-state index contributed by atoms with van der Waals surface area (Å²) in [5, 5.41) is 3.28. The predicted molar refractivity (Wildman–Crippen MR) is 76.1 cm³/mol. The van der Waals surface area contributed by atoms with Crippen LogP contribution >= 0.6 is 0 Å². The van der Waals surface area contributed by atoms with E-state index in [1.165, 1.54) is 20.0 Å². The third kappa shape index (κ3) is 5.91. The molecule has 2 atom stereocenters. The van der Waals surface area contributed by atoms with Gasteiger partial charge in [-0.05, 0) is 39.2 Å². The first-order chi connectivity index (χ1) is 9.01. The zero-order valence-corrected chi connectivity index (χ0v) is 12.8. The van der Waals surface area contributed by atoms with Crippen molar-refractivity contribution < 1.29 is 14.3 Å². The Bertz CT molecular complexity index is 279. The molecule has 0 spiro atoms. The Morgan fingerprint density at radius 3 is 2.68 bits per heavy atom. The fraction of sp³-hybridized carbons (Fsp3) is 0.933. The molecule has 1 aliphatic carbocycles. The van der Waals surface area contributed by atoms with Crippen molar-refractivity contribution >= 4 is 5.97 Å². The van der Waals surface area contributed by atoms with Gasteiger partial charge in [0.25, 0.3) is 0 Å². The number of hydrogen-bond donors (Lipinski definition) is 1. The number of rotatable bonds is 10. The first-order valence-corrected chi connectivity index (χ1v) is 7.47. The van der Waals surface area contributed by atoms with Crippen molar-refractivity contribution in [3.8, 4) is 0 Å². The van der Waals surface area contributed by atoms with E-state index in [0.29, 0.717) is 6.42 Å². The van der Waals surface area contributed by atoms with E-state index >= 15 is 0 Å². The van der Waals surface area contributed by atoms with Gasteiger partial charge in [0.1, 0.15) is 5.54 Å². The first kappa shape index (κ1) is 16.4. The number of carbonyl (C=O) groups excluding carboxylic acids is 1. The molecule has 0 aromatic heterocycles. The van der Waals surface area contributed by atoms with Crippen LogP contribution in [0.25, 0.3) is 0 Å². The van der Waals surface area contributed by atoms with Crippen molar-refractivity contribution in [1.29, 1.82) is 0 Å². The zero-order valence-electron chi connectivity index (χ0n) is 12.8. The smallest absolute Gasteiger partial charge is 0.325 e. The summed E-state index contributed by atoms with van der Waals surface area (Å²) in [6.45, 7) is 7.62. The van der Waals surface area contributed by atoms with Crippen LogP contribution in [-0.2, 0) is 14.3 Å². The van der Waals surface area contributed by atoms with Crippen LogP contribution in [0.2, 0.25) is 0 Å². The van der Waals surface area contributed by atoms with Crippen LogP contribution in [0.4, 0.5) is 0 Å². The first-order valence-electron chi connectivity index (χ1n) is 7.47. The van der Waals surface area contributed by atoms with Crippen LogP contribution in [0.3, 0.4) is 0 Å². The molecule has 1 saturated carbocycles. The lowest BCUT2D eigenvalue weighted by Crippen LogP contribution is -2.52. The molecule has 1 aliphatic rings. The molecule has 0 aromatic rings. The number of nitrogens with one attached hydrogen (secondary N) is 1. The molecule has 0 saturated heterocycles. The summed E-state index contributed by atoms with van der Waals surface area (Å²) in [7, 11) is 1.44. The van der Waals surface area contributed by atoms with Gasteiger partial charge in [-0.15, -0.1) is 0 Å². The summed E-state index contributed by atoms with van der Waals surface area (Å²) in [6.07, 6.45) is 5.56. The van der Waals surface area contributed by atoms with Crippen LogP contribution in [0.15, 0.2) is 0 Å². The van der Waals surface area contributed by atoms with Gasteiger partial charge in [0.15, 0.2) is 0 Å². The highest BCUT2D eigenvalue weighted by Crippen LogP contribution is 2.32. The molecule has 0 aliphatic heterocycles. The molecule has 112 valence electrons. The Morgan fingerprint density at radius 1 is 1.47 bits per heavy atom. The van der Waals surface area contributed by atoms with Gasteiger partial charge in [0, 0.05) is 13.0 Å². The van der Waals surface area contributed by atoms with E-state index in [9.17, 15) is 4.79 Å². The number of hydrogen-bond acceptors (Lipinski definition) is 4. The predicted octanol–water partition coefficient (Wildman–Crippen LogP) is 2.51. The molecular weight excluding hydrogens is 242 g/mol. The van der Waals surface area contributed by atoms with Gasteiger partial charge in [-0.1, -0.05) is 19.8 Å². The van der Waals surface area contributed by atoms with Gasteiger partial charge in [-0.3, -0.25) is 4.79 Å². The minimum Gasteiger partial charge on any atom is -0.468 e. The van der Waals surface area contributed by atoms with E-state index < -0.39 is 5.54 Å². The lowest BCUT2D eigenvalue weighted by Gasteiger charge is -2.30. The normalized spacial score (nSPS) is 19.8. The second-order valence-electron chi connectivity index (χ2n) is 5.87. The monoisotopic (exact) mass is 271 g/mol. The molecule has 0 heterocycles. The van der Waals surface area contributed by atoms with Crippen LogP contribution in [0.1, 0.15) is 52.9 Å². The highest BCUT2D eigenvalue weighted by molar-refractivity contribution is 5.80. The quantitative estimate of drug-likeness (QED) is 0.620. The van der Waals surface area contributed by atoms with Gasteiger partial charge < -0.3 is 14.8 Å². The third-order valence-corrected chi connectivity index (χ3v) is 3.72. The summed E-state index contributed by atoms with van der Waals surface area (Å²) in [5.74, 6) is 0.677. The Morgan fingerprint density at radius 2 is 2.16 bits per heavy atom. The van der Waals surface area contributed by atoms with Crippen molar-refractivity contribution in [2.24, 2.45) is 5.92 Å². The fourth-order valence-electron chi connectivity index (χ4n) is 2.33. The molecular formula is C15H29NO3. The standard InChI is InChI=1S/C15H29NO3/c1-5-9-16-15(3,14(17)18-4)11-12(2)19-10-8-13-6-7-13/h12-13,16H,5-11H2,1-4H3. The second-order valence-corrected chi connectivity index (χ2v) is 5.87. The number of esters is 1. The minimum absolute atomic E-state index is 0.0622. The molecule has 2 unspecified atom stereocenters. The number of carbonyl (C=O) groups is 1. The largest absolute Gasteiger partial charge is 0.468 e. The van der Waals surface area contributed by atoms with E-state index in [-0.39, 0.29) is 12.1 Å². The van der Waals surface area contributed by atoms with Crippen LogP contribution in [-0.4, -0.2) is 37.9 Å². The molecule has 0 radical (unpaired) electrons. The Kier molecular flexibility index (Phi) is 6.80. The highest BCUT2D eigenvalue weighted by Gasteiger charge is 2.35. The summed E-state index contributed by atoms with van der Waals surface area (Å²) in [5.41, 5.74) is -0.649. The molecule has 0 amide bonds. The number of methoxy groups -OCH3 is 1. The summed E-state index contributed by atoms with van der Waals surface area (Å²) >= 11 is 0. The minimum atomic E-state index is -0.649. The third-order valence-electron chi connectivity index (χ3n) is 3.72. The Hall–Kier alpha value is -0.610. The van der Waals surface area contributed by atoms with Gasteiger partial charge in [0.2, 0.25) is 0 Å². The summed E-state index contributed by atoms with van der Waals surface area (Å²) < 4.78 is 10.7. The van der Waals surface area contributed by atoms with E-state index in [4.69, 9.17) is 9.47 Å². The maximum atomic E-state index is 11.9. The molecule has 19 heavy (non-hydrogen) atoms. The topological polar surface area (TPSA) is 47.6 Å². The van der Waals surface area contributed by atoms with Gasteiger partial charge in [-0.25, -0.2) is 0 Å². The number of ether oxygens (including phenoxy) is 2. The Balaban J connectivity index is 2.37. The van der Waals surface area contributed by atoms with E-state index in [1.807, 2.05) is 13.8 Å². The molecule has 1 N–H and O–H groups in total. The molecule has 1 fully saturated rings. The van der Waals surface area contributed by atoms with Crippen molar-refractivity contribution in [2.45, 2.75) is 64.5 Å². The highest BCUT2D eigenvalue weighted by atomic mass is 16.5. The van der Waals surface area contributed by atoms with Crippen LogP contribution in [0.5, 0.6) is 0 Å². The second kappa shape index (κ2) is 7.85. The van der Waals surface area contributed by atoms with Gasteiger partial charge in [-0.2, -0.15) is 0 Å². The van der Waals surface area contributed by atoms with Gasteiger partial charge in [0.05, 0.1) is 13.2 Å². The average molecular weight is 271 g/mol. The van der Waals surface area contributed by atoms with Crippen molar-refractivity contribution in [3.05, 3.63) is 0 Å². The molecule has 4 nitrogen and oxygen atoms in total. The van der Waals surface area contributed by atoms with Crippen LogP contribution in [0, 0.1) is 5.92 Å². The molecule has 0 aromatic carbocycles.